The summed E-state index contributed by atoms with van der Waals surface area (Å²) in [5.74, 6) is -1.86. The molecule has 2 rings (SSSR count). The fraction of sp³-hybridized carbons (Fsp3) is 0.700. The molecule has 0 aromatic heterocycles. The molecular formula is C10H15NO4. The van der Waals surface area contributed by atoms with Crippen LogP contribution < -0.4 is 5.73 Å². The van der Waals surface area contributed by atoms with Gasteiger partial charge in [0.05, 0.1) is 0 Å². The van der Waals surface area contributed by atoms with E-state index in [1.54, 1.807) is 0 Å². The maximum absolute atomic E-state index is 11.1. The first-order chi connectivity index (χ1) is 6.93. The van der Waals surface area contributed by atoms with Crippen molar-refractivity contribution in [3.63, 3.8) is 0 Å². The Labute approximate surface area is 87.2 Å². The molecular weight excluding hydrogens is 198 g/mol. The Morgan fingerprint density at radius 1 is 1.67 bits per heavy atom. The topological polar surface area (TPSA) is 104 Å². The van der Waals surface area contributed by atoms with Crippen molar-refractivity contribution in [2.75, 3.05) is 0 Å². The molecule has 0 aromatic rings. The number of fused-ring (bicyclic) bond motifs is 1. The number of carboxylic acid groups (broad SMARTS) is 1. The van der Waals surface area contributed by atoms with Crippen LogP contribution in [0.4, 0.5) is 0 Å². The van der Waals surface area contributed by atoms with Gasteiger partial charge in [0.25, 0.3) is 0 Å². The molecule has 0 radical (unpaired) electrons. The van der Waals surface area contributed by atoms with E-state index in [1.807, 2.05) is 13.0 Å². The zero-order chi connectivity index (χ0) is 11.4. The summed E-state index contributed by atoms with van der Waals surface area (Å²) in [5, 5.41) is 27.3. The van der Waals surface area contributed by atoms with E-state index in [-0.39, 0.29) is 11.8 Å². The van der Waals surface area contributed by atoms with Crippen molar-refractivity contribution in [3.8, 4) is 0 Å². The number of aliphatic hydroxyl groups excluding tert-OH is 1. The van der Waals surface area contributed by atoms with Crippen molar-refractivity contribution in [2.24, 2.45) is 23.5 Å². The fourth-order valence-corrected chi connectivity index (χ4v) is 2.93. The zero-order valence-electron chi connectivity index (χ0n) is 8.42. The molecule has 5 nitrogen and oxygen atoms in total. The Morgan fingerprint density at radius 2 is 2.27 bits per heavy atom. The van der Waals surface area contributed by atoms with Gasteiger partial charge < -0.3 is 21.1 Å². The van der Waals surface area contributed by atoms with Crippen LogP contribution in [0.2, 0.25) is 0 Å². The van der Waals surface area contributed by atoms with Crippen LogP contribution in [0, 0.1) is 17.8 Å². The highest BCUT2D eigenvalue weighted by Gasteiger charge is 2.70. The molecule has 0 aromatic carbocycles. The zero-order valence-corrected chi connectivity index (χ0v) is 8.42. The van der Waals surface area contributed by atoms with Crippen LogP contribution in [0.15, 0.2) is 11.6 Å². The largest absolute Gasteiger partial charge is 0.480 e. The van der Waals surface area contributed by atoms with E-state index in [1.165, 1.54) is 0 Å². The van der Waals surface area contributed by atoms with Gasteiger partial charge in [-0.15, -0.1) is 0 Å². The predicted molar refractivity (Wildman–Crippen MR) is 51.6 cm³/mol. The van der Waals surface area contributed by atoms with Crippen LogP contribution in [0.5, 0.6) is 0 Å². The van der Waals surface area contributed by atoms with Gasteiger partial charge in [0.2, 0.25) is 0 Å². The summed E-state index contributed by atoms with van der Waals surface area (Å²) in [6.45, 7) is 1.82. The third-order valence-corrected chi connectivity index (χ3v) is 3.71. The summed E-state index contributed by atoms with van der Waals surface area (Å²) in [5.41, 5.74) is 5.43. The van der Waals surface area contributed by atoms with Crippen molar-refractivity contribution >= 4 is 5.97 Å². The maximum atomic E-state index is 11.1. The number of aliphatic carboxylic acids is 1. The van der Waals surface area contributed by atoms with E-state index in [9.17, 15) is 4.79 Å². The molecule has 2 aliphatic rings. The standard InChI is InChI=1S/C10H15NO4/c1-2-4-3-10(11,9(14)15)7-5(4)6(7)8(12)13/h2,5-8,12-13H,3,11H2,1H3,(H,14,15)/b4-2+. The van der Waals surface area contributed by atoms with E-state index in [0.29, 0.717) is 6.42 Å². The van der Waals surface area contributed by atoms with E-state index in [4.69, 9.17) is 21.1 Å². The van der Waals surface area contributed by atoms with Crippen LogP contribution >= 0.6 is 0 Å². The minimum absolute atomic E-state index is 0.0592. The van der Waals surface area contributed by atoms with Gasteiger partial charge in [-0.1, -0.05) is 11.6 Å². The first-order valence-corrected chi connectivity index (χ1v) is 4.97. The molecule has 0 amide bonds. The summed E-state index contributed by atoms with van der Waals surface area (Å²) in [4.78, 5) is 11.1. The third kappa shape index (κ3) is 1.24. The third-order valence-electron chi connectivity index (χ3n) is 3.71. The molecule has 0 bridgehead atoms. The molecule has 0 saturated heterocycles. The summed E-state index contributed by atoms with van der Waals surface area (Å²) in [6, 6.07) is 0. The van der Waals surface area contributed by atoms with Gasteiger partial charge in [-0.05, 0) is 19.3 Å². The van der Waals surface area contributed by atoms with E-state index in [2.05, 4.69) is 0 Å². The van der Waals surface area contributed by atoms with Crippen LogP contribution in [0.1, 0.15) is 13.3 Å². The van der Waals surface area contributed by atoms with E-state index >= 15 is 0 Å². The normalized spacial score (nSPS) is 45.9. The van der Waals surface area contributed by atoms with Gasteiger partial charge in [-0.3, -0.25) is 4.79 Å². The molecule has 4 unspecified atom stereocenters. The first kappa shape index (κ1) is 10.6. The van der Waals surface area contributed by atoms with Crippen LogP contribution in [0.3, 0.4) is 0 Å². The Balaban J connectivity index is 2.30. The summed E-state index contributed by atoms with van der Waals surface area (Å²) in [6.07, 6.45) is 0.673. The lowest BCUT2D eigenvalue weighted by atomic mass is 9.90. The van der Waals surface area contributed by atoms with Crippen LogP contribution in [-0.2, 0) is 4.79 Å². The van der Waals surface area contributed by atoms with Crippen molar-refractivity contribution in [3.05, 3.63) is 11.6 Å². The Hall–Kier alpha value is -0.910. The minimum atomic E-state index is -1.47. The molecule has 15 heavy (non-hydrogen) atoms. The quantitative estimate of drug-likeness (QED) is 0.358. The molecule has 2 saturated carbocycles. The Morgan fingerprint density at radius 3 is 2.67 bits per heavy atom. The molecule has 2 aliphatic carbocycles. The summed E-state index contributed by atoms with van der Waals surface area (Å²) < 4.78 is 0. The highest BCUT2D eigenvalue weighted by atomic mass is 16.5. The first-order valence-electron chi connectivity index (χ1n) is 4.97. The number of carboxylic acids is 1. The second kappa shape index (κ2) is 3.04. The number of hydrogen-bond donors (Lipinski definition) is 4. The van der Waals surface area contributed by atoms with Crippen molar-refractivity contribution in [1.82, 2.24) is 0 Å². The van der Waals surface area contributed by atoms with Crippen molar-refractivity contribution in [1.29, 1.82) is 0 Å². The molecule has 5 heteroatoms. The minimum Gasteiger partial charge on any atom is -0.480 e. The van der Waals surface area contributed by atoms with Gasteiger partial charge in [0.15, 0.2) is 6.29 Å². The van der Waals surface area contributed by atoms with Crippen molar-refractivity contribution < 1.29 is 20.1 Å². The van der Waals surface area contributed by atoms with Gasteiger partial charge in [0.1, 0.15) is 5.54 Å². The maximum Gasteiger partial charge on any atom is 0.324 e. The summed E-state index contributed by atoms with van der Waals surface area (Å²) in [7, 11) is 0. The molecule has 0 spiro atoms. The number of nitrogens with two attached hydrogens (primary N) is 1. The van der Waals surface area contributed by atoms with E-state index < -0.39 is 23.7 Å². The lowest BCUT2D eigenvalue weighted by molar-refractivity contribution is -0.144. The fourth-order valence-electron chi connectivity index (χ4n) is 2.93. The molecule has 0 aliphatic heterocycles. The second-order valence-corrected chi connectivity index (χ2v) is 4.43. The number of rotatable bonds is 2. The highest BCUT2D eigenvalue weighted by Crippen LogP contribution is 2.64. The lowest BCUT2D eigenvalue weighted by Crippen LogP contribution is -2.49. The number of carbonyl (C=O) groups is 1. The Bertz CT molecular complexity index is 338. The van der Waals surface area contributed by atoms with Gasteiger partial charge >= 0.3 is 5.97 Å². The molecule has 5 N–H and O–H groups in total. The molecule has 84 valence electrons. The van der Waals surface area contributed by atoms with Crippen LogP contribution in [-0.4, -0.2) is 33.1 Å². The lowest BCUT2D eigenvalue weighted by Gasteiger charge is -2.23. The average Bonchev–Trinajstić information content (AvgIpc) is 2.82. The average molecular weight is 213 g/mol. The van der Waals surface area contributed by atoms with Crippen molar-refractivity contribution in [2.45, 2.75) is 25.2 Å². The number of allylic oxidation sites excluding steroid dienone is 1. The Kier molecular flexibility index (Phi) is 2.15. The summed E-state index contributed by atoms with van der Waals surface area (Å²) >= 11 is 0. The number of aliphatic hydroxyl groups is 2. The molecule has 0 heterocycles. The second-order valence-electron chi connectivity index (χ2n) is 4.43. The predicted octanol–water partition coefficient (Wildman–Crippen LogP) is -0.709. The van der Waals surface area contributed by atoms with Gasteiger partial charge in [-0.25, -0.2) is 0 Å². The van der Waals surface area contributed by atoms with E-state index in [0.717, 1.165) is 5.57 Å². The van der Waals surface area contributed by atoms with Gasteiger partial charge in [-0.2, -0.15) is 0 Å². The smallest absolute Gasteiger partial charge is 0.324 e. The van der Waals surface area contributed by atoms with Crippen LogP contribution in [0.25, 0.3) is 0 Å². The SMILES string of the molecule is C/C=C1\CC(N)(C(=O)O)C2C1C2C(O)O. The highest BCUT2D eigenvalue weighted by molar-refractivity contribution is 5.82. The number of hydrogen-bond acceptors (Lipinski definition) is 4. The molecule has 4 atom stereocenters. The van der Waals surface area contributed by atoms with Gasteiger partial charge in [0, 0.05) is 11.8 Å². The monoisotopic (exact) mass is 213 g/mol. The molecule has 2 fully saturated rings.